The van der Waals surface area contributed by atoms with Crippen LogP contribution in [0, 0.1) is 0 Å². The van der Waals surface area contributed by atoms with Gasteiger partial charge in [0.05, 0.1) is 0 Å². The first kappa shape index (κ1) is 8.35. The summed E-state index contributed by atoms with van der Waals surface area (Å²) in [6, 6.07) is 13.3. The summed E-state index contributed by atoms with van der Waals surface area (Å²) < 4.78 is 0. The largest absolute Gasteiger partial charge is 0.0761 e. The van der Waals surface area contributed by atoms with Crippen LogP contribution in [0.25, 0.3) is 10.8 Å². The van der Waals surface area contributed by atoms with Crippen molar-refractivity contribution in [2.24, 2.45) is 0 Å². The lowest BCUT2D eigenvalue weighted by Gasteiger charge is -2.17. The molecule has 2 atom stereocenters. The summed E-state index contributed by atoms with van der Waals surface area (Å²) in [6.07, 6.45) is 9.01. The molecule has 0 bridgehead atoms. The van der Waals surface area contributed by atoms with Crippen molar-refractivity contribution < 1.29 is 0 Å². The minimum absolute atomic E-state index is 0.561. The molecule has 0 saturated carbocycles. The lowest BCUT2D eigenvalue weighted by molar-refractivity contribution is 0.769. The van der Waals surface area contributed by atoms with E-state index in [9.17, 15) is 0 Å². The third kappa shape index (κ3) is 0.898. The van der Waals surface area contributed by atoms with E-state index in [1.165, 1.54) is 21.9 Å². The Morgan fingerprint density at radius 1 is 0.688 bits per heavy atom. The number of hydrogen-bond donors (Lipinski definition) is 0. The minimum Gasteiger partial charge on any atom is -0.0761 e. The number of benzene rings is 2. The predicted octanol–water partition coefficient (Wildman–Crippen LogP) is 4.15. The normalized spacial score (nSPS) is 25.0. The highest BCUT2D eigenvalue weighted by Crippen LogP contribution is 2.49. The smallest absolute Gasteiger partial charge is 0.0131 e. The van der Waals surface area contributed by atoms with Gasteiger partial charge in [0, 0.05) is 11.8 Å². The topological polar surface area (TPSA) is 0 Å². The summed E-state index contributed by atoms with van der Waals surface area (Å²) in [5, 5.41) is 2.86. The second-order valence-corrected chi connectivity index (χ2v) is 4.61. The highest BCUT2D eigenvalue weighted by molar-refractivity contribution is 5.93. The maximum absolute atomic E-state index is 2.33. The van der Waals surface area contributed by atoms with Gasteiger partial charge in [0.15, 0.2) is 0 Å². The molecule has 0 heterocycles. The third-order valence-electron chi connectivity index (χ3n) is 3.82. The lowest BCUT2D eigenvalue weighted by atomic mass is 9.86. The number of hydrogen-bond acceptors (Lipinski definition) is 0. The van der Waals surface area contributed by atoms with E-state index in [0.717, 1.165) is 0 Å². The van der Waals surface area contributed by atoms with Gasteiger partial charge in [0.2, 0.25) is 0 Å². The van der Waals surface area contributed by atoms with Crippen molar-refractivity contribution in [1.29, 1.82) is 0 Å². The van der Waals surface area contributed by atoms with Crippen molar-refractivity contribution in [3.63, 3.8) is 0 Å². The van der Waals surface area contributed by atoms with Crippen LogP contribution in [0.15, 0.2) is 60.7 Å². The Hall–Kier alpha value is -1.82. The lowest BCUT2D eigenvalue weighted by Crippen LogP contribution is -2.01. The van der Waals surface area contributed by atoms with E-state index < -0.39 is 0 Å². The molecule has 2 unspecified atom stereocenters. The maximum atomic E-state index is 2.33. The van der Waals surface area contributed by atoms with Crippen LogP contribution in [-0.2, 0) is 0 Å². The van der Waals surface area contributed by atoms with Crippen LogP contribution in [0.4, 0.5) is 0 Å². The van der Waals surface area contributed by atoms with Crippen LogP contribution in [0.3, 0.4) is 0 Å². The second kappa shape index (κ2) is 2.85. The second-order valence-electron chi connectivity index (χ2n) is 4.61. The molecule has 0 heteroatoms. The molecular weight excluding hydrogens is 192 g/mol. The van der Waals surface area contributed by atoms with Crippen molar-refractivity contribution in [3.05, 3.63) is 71.8 Å². The van der Waals surface area contributed by atoms with Crippen molar-refractivity contribution in [1.82, 2.24) is 0 Å². The first-order chi connectivity index (χ1) is 7.95. The summed E-state index contributed by atoms with van der Waals surface area (Å²) in [7, 11) is 0. The van der Waals surface area contributed by atoms with Gasteiger partial charge in [-0.3, -0.25) is 0 Å². The van der Waals surface area contributed by atoms with Gasteiger partial charge in [0.25, 0.3) is 0 Å². The van der Waals surface area contributed by atoms with Crippen molar-refractivity contribution in [3.8, 4) is 0 Å². The van der Waals surface area contributed by atoms with Crippen LogP contribution in [0.5, 0.6) is 0 Å². The third-order valence-corrected chi connectivity index (χ3v) is 3.82. The average Bonchev–Trinajstić information content (AvgIpc) is 2.68. The molecule has 0 spiro atoms. The molecule has 2 aliphatic rings. The summed E-state index contributed by atoms with van der Waals surface area (Å²) in [5.41, 5.74) is 3.00. The summed E-state index contributed by atoms with van der Waals surface area (Å²) in [5.74, 6) is 1.12. The maximum Gasteiger partial charge on any atom is 0.0131 e. The monoisotopic (exact) mass is 204 g/mol. The standard InChI is InChI=1S/C16H12/c1-2-8-13-12(7-1)14-9-3-5-11-6-4-10-15(13)16(11)14/h1-10,12-13H. The molecule has 0 N–H and O–H groups in total. The van der Waals surface area contributed by atoms with Crippen LogP contribution in [0.1, 0.15) is 23.0 Å². The van der Waals surface area contributed by atoms with Crippen molar-refractivity contribution >= 4 is 10.8 Å². The van der Waals surface area contributed by atoms with E-state index in [0.29, 0.717) is 11.8 Å². The average molecular weight is 204 g/mol. The Balaban J connectivity index is 2.15. The Bertz CT molecular complexity index is 579. The summed E-state index contributed by atoms with van der Waals surface area (Å²) >= 11 is 0. The number of allylic oxidation sites excluding steroid dienone is 4. The number of rotatable bonds is 0. The predicted molar refractivity (Wildman–Crippen MR) is 67.7 cm³/mol. The van der Waals surface area contributed by atoms with Crippen LogP contribution in [-0.4, -0.2) is 0 Å². The van der Waals surface area contributed by atoms with Crippen LogP contribution < -0.4 is 0 Å². The first-order valence-electron chi connectivity index (χ1n) is 5.82. The van der Waals surface area contributed by atoms with Crippen molar-refractivity contribution in [2.45, 2.75) is 11.8 Å². The molecule has 4 rings (SSSR count). The van der Waals surface area contributed by atoms with Gasteiger partial charge in [-0.05, 0) is 21.9 Å². The van der Waals surface area contributed by atoms with Crippen LogP contribution >= 0.6 is 0 Å². The molecule has 76 valence electrons. The molecule has 16 heavy (non-hydrogen) atoms. The molecule has 0 aromatic heterocycles. The molecule has 0 radical (unpaired) electrons. The van der Waals surface area contributed by atoms with Gasteiger partial charge in [-0.15, -0.1) is 0 Å². The van der Waals surface area contributed by atoms with E-state index in [-0.39, 0.29) is 0 Å². The van der Waals surface area contributed by atoms with Gasteiger partial charge in [-0.25, -0.2) is 0 Å². The van der Waals surface area contributed by atoms with Gasteiger partial charge >= 0.3 is 0 Å². The Labute approximate surface area is 94.9 Å². The van der Waals surface area contributed by atoms with E-state index in [4.69, 9.17) is 0 Å². The van der Waals surface area contributed by atoms with Gasteiger partial charge in [-0.2, -0.15) is 0 Å². The molecule has 2 aromatic carbocycles. The molecule has 2 aliphatic carbocycles. The van der Waals surface area contributed by atoms with Crippen molar-refractivity contribution in [2.75, 3.05) is 0 Å². The fourth-order valence-corrected chi connectivity index (χ4v) is 3.16. The van der Waals surface area contributed by atoms with Crippen LogP contribution in [0.2, 0.25) is 0 Å². The van der Waals surface area contributed by atoms with E-state index in [1.54, 1.807) is 0 Å². The highest BCUT2D eigenvalue weighted by Gasteiger charge is 2.31. The SMILES string of the molecule is C1=CC2c3cccc4cccc(c34)C2C=C1. The fraction of sp³-hybridized carbons (Fsp3) is 0.125. The molecule has 0 amide bonds. The summed E-state index contributed by atoms with van der Waals surface area (Å²) in [6.45, 7) is 0. The zero-order valence-electron chi connectivity index (χ0n) is 8.93. The fourth-order valence-electron chi connectivity index (χ4n) is 3.16. The highest BCUT2D eigenvalue weighted by atomic mass is 14.3. The van der Waals surface area contributed by atoms with E-state index >= 15 is 0 Å². The number of fused-ring (bicyclic) bond motifs is 3. The summed E-state index contributed by atoms with van der Waals surface area (Å²) in [4.78, 5) is 0. The Kier molecular flexibility index (Phi) is 1.49. The minimum atomic E-state index is 0.561. The van der Waals surface area contributed by atoms with Gasteiger partial charge < -0.3 is 0 Å². The van der Waals surface area contributed by atoms with E-state index in [2.05, 4.69) is 60.7 Å². The molecule has 0 aliphatic heterocycles. The molecule has 0 saturated heterocycles. The molecular formula is C16H12. The van der Waals surface area contributed by atoms with Gasteiger partial charge in [0.1, 0.15) is 0 Å². The molecule has 0 fully saturated rings. The first-order valence-corrected chi connectivity index (χ1v) is 5.82. The van der Waals surface area contributed by atoms with E-state index in [1.807, 2.05) is 0 Å². The Morgan fingerprint density at radius 3 is 1.81 bits per heavy atom. The zero-order valence-corrected chi connectivity index (χ0v) is 8.93. The quantitative estimate of drug-likeness (QED) is 0.604. The zero-order chi connectivity index (χ0) is 10.5. The molecule has 0 nitrogen and oxygen atoms in total. The molecule has 2 aromatic rings. The Morgan fingerprint density at radius 2 is 1.25 bits per heavy atom. The van der Waals surface area contributed by atoms with Gasteiger partial charge in [-0.1, -0.05) is 60.7 Å².